The summed E-state index contributed by atoms with van der Waals surface area (Å²) in [6.07, 6.45) is 5.74. The molecule has 8 heteroatoms. The summed E-state index contributed by atoms with van der Waals surface area (Å²) in [4.78, 5) is 15.9. The van der Waals surface area contributed by atoms with E-state index in [0.29, 0.717) is 11.8 Å². The van der Waals surface area contributed by atoms with Crippen LogP contribution in [0, 0.1) is 5.92 Å². The van der Waals surface area contributed by atoms with E-state index in [1.807, 2.05) is 12.3 Å². The highest BCUT2D eigenvalue weighted by Crippen LogP contribution is 2.33. The monoisotopic (exact) mass is 377 g/mol. The summed E-state index contributed by atoms with van der Waals surface area (Å²) in [5, 5.41) is 1.08. The molecule has 0 radical (unpaired) electrons. The number of hydrogen-bond donors (Lipinski definition) is 3. The van der Waals surface area contributed by atoms with Gasteiger partial charge in [0.15, 0.2) is 0 Å². The molecule has 0 aliphatic carbocycles. The molecule has 1 saturated heterocycles. The van der Waals surface area contributed by atoms with Crippen molar-refractivity contribution in [3.63, 3.8) is 0 Å². The molecule has 3 aliphatic rings. The van der Waals surface area contributed by atoms with Crippen LogP contribution in [0.3, 0.4) is 0 Å². The van der Waals surface area contributed by atoms with Crippen LogP contribution < -0.4 is 26.0 Å². The standard InChI is InChI=1S/C20H23N7O/c1-28-20-18-9-15(11-21-20)14-2-3-17-16(8-14)19(23-12-22-17)27-6-4-13(5-7-27)10-24-26-25-18/h2-3,8-9,11-13,24-26H,4-7,10H2,1H3. The Morgan fingerprint density at radius 2 is 1.96 bits per heavy atom. The third kappa shape index (κ3) is 3.10. The predicted molar refractivity (Wildman–Crippen MR) is 109 cm³/mol. The van der Waals surface area contributed by atoms with E-state index in [1.54, 1.807) is 13.4 Å². The largest absolute Gasteiger partial charge is 0.479 e. The van der Waals surface area contributed by atoms with Gasteiger partial charge >= 0.3 is 0 Å². The van der Waals surface area contributed by atoms with Gasteiger partial charge in [-0.1, -0.05) is 6.07 Å². The molecule has 3 aromatic rings. The number of fused-ring (bicyclic) bond motifs is 5. The molecular weight excluding hydrogens is 354 g/mol. The van der Waals surface area contributed by atoms with E-state index in [4.69, 9.17) is 4.74 Å². The Morgan fingerprint density at radius 3 is 2.82 bits per heavy atom. The SMILES string of the molecule is COc1ncc2cc1NNNCC1CCN(CC1)c1ncnc3ccc-2cc13. The van der Waals surface area contributed by atoms with Crippen molar-refractivity contribution >= 4 is 22.4 Å². The molecule has 2 aromatic heterocycles. The van der Waals surface area contributed by atoms with Crippen molar-refractivity contribution in [3.8, 4) is 17.0 Å². The molecule has 28 heavy (non-hydrogen) atoms. The zero-order chi connectivity index (χ0) is 18.9. The van der Waals surface area contributed by atoms with Gasteiger partial charge in [-0.2, -0.15) is 5.53 Å². The summed E-state index contributed by atoms with van der Waals surface area (Å²) in [6, 6.07) is 8.31. The first-order valence-electron chi connectivity index (χ1n) is 9.60. The zero-order valence-electron chi connectivity index (χ0n) is 15.8. The molecule has 8 nitrogen and oxygen atoms in total. The van der Waals surface area contributed by atoms with E-state index in [1.165, 1.54) is 0 Å². The van der Waals surface area contributed by atoms with Crippen molar-refractivity contribution in [2.75, 3.05) is 37.1 Å². The van der Waals surface area contributed by atoms with E-state index in [0.717, 1.165) is 66.0 Å². The Morgan fingerprint density at radius 1 is 1.07 bits per heavy atom. The first kappa shape index (κ1) is 17.2. The van der Waals surface area contributed by atoms with Crippen LogP contribution in [0.2, 0.25) is 0 Å². The first-order chi connectivity index (χ1) is 13.8. The summed E-state index contributed by atoms with van der Waals surface area (Å²) in [6.45, 7) is 2.89. The minimum absolute atomic E-state index is 0.541. The molecular formula is C20H23N7O. The van der Waals surface area contributed by atoms with Gasteiger partial charge in [-0.15, -0.1) is 0 Å². The predicted octanol–water partition coefficient (Wildman–Crippen LogP) is 2.35. The zero-order valence-corrected chi connectivity index (χ0v) is 15.8. The van der Waals surface area contributed by atoms with Crippen molar-refractivity contribution in [2.24, 2.45) is 5.92 Å². The van der Waals surface area contributed by atoms with Crippen molar-refractivity contribution in [1.29, 1.82) is 0 Å². The maximum absolute atomic E-state index is 5.39. The van der Waals surface area contributed by atoms with E-state index in [9.17, 15) is 0 Å². The molecule has 1 fully saturated rings. The fourth-order valence-corrected chi connectivity index (χ4v) is 3.99. The Bertz CT molecular complexity index is 1000. The molecule has 5 heterocycles. The lowest BCUT2D eigenvalue weighted by Crippen LogP contribution is -2.43. The molecule has 144 valence electrons. The number of hydrogen-bond acceptors (Lipinski definition) is 8. The van der Waals surface area contributed by atoms with Crippen LogP contribution in [0.1, 0.15) is 12.8 Å². The summed E-state index contributed by atoms with van der Waals surface area (Å²) < 4.78 is 5.39. The van der Waals surface area contributed by atoms with Crippen LogP contribution in [0.4, 0.5) is 11.5 Å². The number of piperidine rings is 1. The van der Waals surface area contributed by atoms with Gasteiger partial charge in [-0.05, 0) is 42.5 Å². The third-order valence-electron chi connectivity index (χ3n) is 5.58. The number of pyridine rings is 1. The molecule has 0 amide bonds. The van der Waals surface area contributed by atoms with Gasteiger partial charge < -0.3 is 15.1 Å². The summed E-state index contributed by atoms with van der Waals surface area (Å²) in [7, 11) is 1.62. The second-order valence-electron chi connectivity index (χ2n) is 7.27. The number of nitrogens with one attached hydrogen (secondary N) is 3. The maximum atomic E-state index is 5.39. The molecule has 6 rings (SSSR count). The van der Waals surface area contributed by atoms with Crippen LogP contribution in [-0.2, 0) is 0 Å². The minimum atomic E-state index is 0.541. The number of anilines is 2. The third-order valence-corrected chi connectivity index (χ3v) is 5.58. The Balaban J connectivity index is 1.66. The molecule has 0 atom stereocenters. The van der Waals surface area contributed by atoms with Crippen molar-refractivity contribution in [2.45, 2.75) is 12.8 Å². The van der Waals surface area contributed by atoms with Crippen LogP contribution in [-0.4, -0.2) is 41.7 Å². The van der Waals surface area contributed by atoms with Crippen molar-refractivity contribution in [3.05, 3.63) is 36.8 Å². The van der Waals surface area contributed by atoms with Gasteiger partial charge in [0.1, 0.15) is 17.8 Å². The quantitative estimate of drug-likeness (QED) is 0.596. The van der Waals surface area contributed by atoms with Crippen LogP contribution in [0.5, 0.6) is 5.88 Å². The average molecular weight is 377 g/mol. The number of methoxy groups -OCH3 is 1. The fraction of sp³-hybridized carbons (Fsp3) is 0.350. The molecule has 0 saturated carbocycles. The number of nitrogens with zero attached hydrogens (tertiary/aromatic N) is 4. The highest BCUT2D eigenvalue weighted by Gasteiger charge is 2.22. The summed E-state index contributed by atoms with van der Waals surface area (Å²) >= 11 is 0. The van der Waals surface area contributed by atoms with Crippen molar-refractivity contribution < 1.29 is 4.74 Å². The van der Waals surface area contributed by atoms with E-state index in [-0.39, 0.29) is 0 Å². The minimum Gasteiger partial charge on any atom is -0.479 e. The molecule has 0 spiro atoms. The van der Waals surface area contributed by atoms with Gasteiger partial charge in [0.2, 0.25) is 5.88 Å². The van der Waals surface area contributed by atoms with Gasteiger partial charge in [-0.25, -0.2) is 20.4 Å². The number of hydrazine groups is 2. The molecule has 1 aromatic carbocycles. The van der Waals surface area contributed by atoms with Crippen LogP contribution >= 0.6 is 0 Å². The lowest BCUT2D eigenvalue weighted by Gasteiger charge is -2.33. The van der Waals surface area contributed by atoms with E-state index < -0.39 is 0 Å². The normalized spacial score (nSPS) is 17.2. The molecule has 3 N–H and O–H groups in total. The average Bonchev–Trinajstić information content (AvgIpc) is 2.76. The molecule has 0 unspecified atom stereocenters. The van der Waals surface area contributed by atoms with Gasteiger partial charge in [-0.3, -0.25) is 0 Å². The van der Waals surface area contributed by atoms with E-state index >= 15 is 0 Å². The van der Waals surface area contributed by atoms with Gasteiger partial charge in [0.25, 0.3) is 0 Å². The smallest absolute Gasteiger partial charge is 0.238 e. The topological polar surface area (TPSA) is 87.2 Å². The number of benzene rings is 1. The fourth-order valence-electron chi connectivity index (χ4n) is 3.99. The second-order valence-corrected chi connectivity index (χ2v) is 7.27. The second kappa shape index (κ2) is 7.21. The molecule has 6 bridgehead atoms. The van der Waals surface area contributed by atoms with Crippen LogP contribution in [0.25, 0.3) is 22.0 Å². The lowest BCUT2D eigenvalue weighted by atomic mass is 9.96. The Kier molecular flexibility index (Phi) is 4.42. The van der Waals surface area contributed by atoms with Crippen LogP contribution in [0.15, 0.2) is 36.8 Å². The highest BCUT2D eigenvalue weighted by molar-refractivity contribution is 5.93. The maximum Gasteiger partial charge on any atom is 0.238 e. The first-order valence-corrected chi connectivity index (χ1v) is 9.60. The highest BCUT2D eigenvalue weighted by atomic mass is 16.5. The Labute approximate surface area is 163 Å². The van der Waals surface area contributed by atoms with Crippen molar-refractivity contribution in [1.82, 2.24) is 25.9 Å². The number of rotatable bonds is 1. The Hall–Kier alpha value is -2.97. The lowest BCUT2D eigenvalue weighted by molar-refractivity contribution is 0.366. The van der Waals surface area contributed by atoms with Gasteiger partial charge in [0, 0.05) is 36.8 Å². The summed E-state index contributed by atoms with van der Waals surface area (Å²) in [5.74, 6) is 2.18. The summed E-state index contributed by atoms with van der Waals surface area (Å²) in [5.41, 5.74) is 13.3. The molecule has 3 aliphatic heterocycles. The number of ether oxygens (including phenoxy) is 1. The van der Waals surface area contributed by atoms with E-state index in [2.05, 4.69) is 54.4 Å². The number of aromatic nitrogens is 3. The van der Waals surface area contributed by atoms with Gasteiger partial charge in [0.05, 0.1) is 12.6 Å².